The Hall–Kier alpha value is -3.41. The van der Waals surface area contributed by atoms with Gasteiger partial charge in [0.25, 0.3) is 5.91 Å². The van der Waals surface area contributed by atoms with Gasteiger partial charge in [0, 0.05) is 30.1 Å². The van der Waals surface area contributed by atoms with Gasteiger partial charge in [-0.05, 0) is 61.4 Å². The Morgan fingerprint density at radius 3 is 2.76 bits per heavy atom. The van der Waals surface area contributed by atoms with Crippen LogP contribution in [0.25, 0.3) is 16.5 Å². The molecular formula is C27H28N4O2. The molecule has 6 heteroatoms. The van der Waals surface area contributed by atoms with Gasteiger partial charge in [0.05, 0.1) is 23.7 Å². The molecule has 6 rings (SSSR count). The first-order chi connectivity index (χ1) is 16.2. The summed E-state index contributed by atoms with van der Waals surface area (Å²) >= 11 is 0. The molecule has 2 amide bonds. The van der Waals surface area contributed by atoms with Crippen LogP contribution < -0.4 is 0 Å². The number of H-pyrrole nitrogens is 1. The number of hydrogen-bond acceptors (Lipinski definition) is 3. The van der Waals surface area contributed by atoms with Gasteiger partial charge in [-0.3, -0.25) is 14.7 Å². The average Bonchev–Trinajstić information content (AvgIpc) is 3.44. The van der Waals surface area contributed by atoms with Gasteiger partial charge < -0.3 is 9.80 Å². The maximum absolute atomic E-state index is 13.6. The lowest BCUT2D eigenvalue weighted by Gasteiger charge is -2.39. The number of likely N-dealkylation sites (tertiary alicyclic amines) is 1. The second-order valence-electron chi connectivity index (χ2n) is 9.57. The van der Waals surface area contributed by atoms with E-state index in [0.717, 1.165) is 43.0 Å². The third-order valence-corrected chi connectivity index (χ3v) is 7.54. The van der Waals surface area contributed by atoms with Crippen molar-refractivity contribution in [2.45, 2.75) is 44.2 Å². The lowest BCUT2D eigenvalue weighted by Crippen LogP contribution is -2.50. The van der Waals surface area contributed by atoms with Crippen LogP contribution in [0.15, 0.2) is 60.8 Å². The fraction of sp³-hybridized carbons (Fsp3) is 0.370. The molecule has 3 aliphatic heterocycles. The molecule has 33 heavy (non-hydrogen) atoms. The van der Waals surface area contributed by atoms with Crippen molar-refractivity contribution in [2.75, 3.05) is 13.1 Å². The molecule has 2 fully saturated rings. The van der Waals surface area contributed by atoms with E-state index in [1.165, 1.54) is 11.1 Å². The average molecular weight is 441 g/mol. The van der Waals surface area contributed by atoms with Crippen molar-refractivity contribution in [3.8, 4) is 0 Å². The number of piperidine rings is 1. The standard InChI is InChI=1S/C27H28N4O2/c32-26(19-8-11-25-22(13-19)16-28-29-25)30-12-4-7-20(17-30)27(33)31-23-9-10-24(31)15-21(14-23)18-5-2-1-3-6-18/h1-3,5-6,8,11,13-14,16,20,23-24H,4,7,9-10,12,15,17H2,(H,28,29). The zero-order chi connectivity index (χ0) is 22.4. The highest BCUT2D eigenvalue weighted by molar-refractivity contribution is 5.98. The molecule has 2 aromatic carbocycles. The van der Waals surface area contributed by atoms with Crippen LogP contribution >= 0.6 is 0 Å². The van der Waals surface area contributed by atoms with Crippen molar-refractivity contribution in [1.82, 2.24) is 20.0 Å². The SMILES string of the molecule is O=C(c1ccc2[nH]ncc2c1)N1CCCC(C(=O)N2C3C=C(c4ccccc4)CC2CC3)C1. The van der Waals surface area contributed by atoms with E-state index in [0.29, 0.717) is 18.7 Å². The largest absolute Gasteiger partial charge is 0.338 e. The van der Waals surface area contributed by atoms with Crippen LogP contribution in [0.2, 0.25) is 0 Å². The first-order valence-corrected chi connectivity index (χ1v) is 12.0. The van der Waals surface area contributed by atoms with Crippen molar-refractivity contribution >= 4 is 28.3 Å². The van der Waals surface area contributed by atoms with E-state index in [-0.39, 0.29) is 29.8 Å². The monoisotopic (exact) mass is 440 g/mol. The Morgan fingerprint density at radius 1 is 1.03 bits per heavy atom. The van der Waals surface area contributed by atoms with E-state index in [4.69, 9.17) is 0 Å². The molecule has 2 bridgehead atoms. The van der Waals surface area contributed by atoms with Crippen LogP contribution in [0.5, 0.6) is 0 Å². The Morgan fingerprint density at radius 2 is 1.91 bits per heavy atom. The van der Waals surface area contributed by atoms with Gasteiger partial charge >= 0.3 is 0 Å². The van der Waals surface area contributed by atoms with Crippen LogP contribution in [-0.2, 0) is 4.79 Å². The Balaban J connectivity index is 1.18. The van der Waals surface area contributed by atoms with E-state index in [1.54, 1.807) is 6.20 Å². The molecule has 168 valence electrons. The van der Waals surface area contributed by atoms with Crippen LogP contribution in [0.4, 0.5) is 0 Å². The molecule has 0 spiro atoms. The van der Waals surface area contributed by atoms with E-state index in [1.807, 2.05) is 29.2 Å². The Labute approximate surface area is 193 Å². The number of nitrogens with zero attached hydrogens (tertiary/aromatic N) is 3. The maximum atomic E-state index is 13.6. The summed E-state index contributed by atoms with van der Waals surface area (Å²) in [5.41, 5.74) is 4.21. The molecule has 3 aromatic rings. The number of aromatic nitrogens is 2. The molecule has 0 saturated carbocycles. The summed E-state index contributed by atoms with van der Waals surface area (Å²) < 4.78 is 0. The lowest BCUT2D eigenvalue weighted by molar-refractivity contribution is -0.139. The van der Waals surface area contributed by atoms with Gasteiger partial charge in [0.15, 0.2) is 0 Å². The van der Waals surface area contributed by atoms with Crippen LogP contribution in [0.3, 0.4) is 0 Å². The van der Waals surface area contributed by atoms with E-state index in [2.05, 4.69) is 45.4 Å². The molecule has 1 aromatic heterocycles. The molecule has 6 nitrogen and oxygen atoms in total. The Kier molecular flexibility index (Phi) is 5.01. The lowest BCUT2D eigenvalue weighted by atomic mass is 9.91. The first kappa shape index (κ1) is 20.2. The summed E-state index contributed by atoms with van der Waals surface area (Å²) in [5.74, 6) is 0.118. The predicted octanol–water partition coefficient (Wildman–Crippen LogP) is 4.26. The molecule has 3 unspecified atom stereocenters. The van der Waals surface area contributed by atoms with Gasteiger partial charge in [-0.15, -0.1) is 0 Å². The summed E-state index contributed by atoms with van der Waals surface area (Å²) in [5, 5.41) is 7.89. The zero-order valence-electron chi connectivity index (χ0n) is 18.6. The highest BCUT2D eigenvalue weighted by atomic mass is 16.2. The molecular weight excluding hydrogens is 412 g/mol. The van der Waals surface area contributed by atoms with Gasteiger partial charge in [0.2, 0.25) is 5.91 Å². The molecule has 1 N–H and O–H groups in total. The number of rotatable bonds is 3. The fourth-order valence-corrected chi connectivity index (χ4v) is 5.87. The van der Waals surface area contributed by atoms with Crippen molar-refractivity contribution in [3.05, 3.63) is 71.9 Å². The number of nitrogens with one attached hydrogen (secondary N) is 1. The quantitative estimate of drug-likeness (QED) is 0.662. The van der Waals surface area contributed by atoms with E-state index in [9.17, 15) is 9.59 Å². The highest BCUT2D eigenvalue weighted by Crippen LogP contribution is 2.40. The van der Waals surface area contributed by atoms with Crippen molar-refractivity contribution in [1.29, 1.82) is 0 Å². The van der Waals surface area contributed by atoms with Crippen LogP contribution in [-0.4, -0.2) is 57.0 Å². The number of carbonyl (C=O) groups is 2. The minimum Gasteiger partial charge on any atom is -0.338 e. The maximum Gasteiger partial charge on any atom is 0.253 e. The summed E-state index contributed by atoms with van der Waals surface area (Å²) in [7, 11) is 0. The van der Waals surface area contributed by atoms with E-state index >= 15 is 0 Å². The summed E-state index contributed by atoms with van der Waals surface area (Å²) in [6.45, 7) is 1.21. The highest BCUT2D eigenvalue weighted by Gasteiger charge is 2.43. The molecule has 0 radical (unpaired) electrons. The van der Waals surface area contributed by atoms with Gasteiger partial charge in [-0.25, -0.2) is 0 Å². The fourth-order valence-electron chi connectivity index (χ4n) is 5.87. The van der Waals surface area contributed by atoms with Crippen LogP contribution in [0, 0.1) is 5.92 Å². The number of carbonyl (C=O) groups excluding carboxylic acids is 2. The predicted molar refractivity (Wildman–Crippen MR) is 127 cm³/mol. The Bertz CT molecular complexity index is 1230. The van der Waals surface area contributed by atoms with Crippen LogP contribution in [0.1, 0.15) is 48.0 Å². The minimum absolute atomic E-state index is 0.00322. The van der Waals surface area contributed by atoms with Crippen molar-refractivity contribution in [3.63, 3.8) is 0 Å². The molecule has 3 aliphatic rings. The third kappa shape index (κ3) is 3.63. The number of amides is 2. The molecule has 2 saturated heterocycles. The number of aromatic amines is 1. The third-order valence-electron chi connectivity index (χ3n) is 7.54. The topological polar surface area (TPSA) is 69.3 Å². The molecule has 3 atom stereocenters. The van der Waals surface area contributed by atoms with Crippen molar-refractivity contribution < 1.29 is 9.59 Å². The number of fused-ring (bicyclic) bond motifs is 3. The summed E-state index contributed by atoms with van der Waals surface area (Å²) in [6, 6.07) is 16.6. The zero-order valence-corrected chi connectivity index (χ0v) is 18.6. The second kappa shape index (κ2) is 8.18. The van der Waals surface area contributed by atoms with Gasteiger partial charge in [-0.2, -0.15) is 5.10 Å². The normalized spacial score (nSPS) is 24.7. The molecule has 4 heterocycles. The second-order valence-corrected chi connectivity index (χ2v) is 9.57. The van der Waals surface area contributed by atoms with Crippen molar-refractivity contribution in [2.24, 2.45) is 5.92 Å². The minimum atomic E-state index is -0.116. The number of hydrogen-bond donors (Lipinski definition) is 1. The molecule has 0 aliphatic carbocycles. The summed E-state index contributed by atoms with van der Waals surface area (Å²) in [4.78, 5) is 30.9. The van der Waals surface area contributed by atoms with E-state index < -0.39 is 0 Å². The van der Waals surface area contributed by atoms with Gasteiger partial charge in [0.1, 0.15) is 0 Å². The number of benzene rings is 2. The summed E-state index contributed by atoms with van der Waals surface area (Å²) in [6.07, 6.45) is 8.78. The first-order valence-electron chi connectivity index (χ1n) is 12.0. The van der Waals surface area contributed by atoms with Gasteiger partial charge in [-0.1, -0.05) is 36.4 Å². The smallest absolute Gasteiger partial charge is 0.253 e.